The lowest BCUT2D eigenvalue weighted by Crippen LogP contribution is -2.60. The minimum Gasteiger partial charge on any atom is -0.481 e. The fourth-order valence-electron chi connectivity index (χ4n) is 21.6. The molecule has 39 nitrogen and oxygen atoms in total. The van der Waals surface area contributed by atoms with Crippen LogP contribution in [0.25, 0.3) is 0 Å². The number of carboxylic acid groups (broad SMARTS) is 1. The van der Waals surface area contributed by atoms with E-state index in [2.05, 4.69) is 19.4 Å². The lowest BCUT2D eigenvalue weighted by Gasteiger charge is -2.49. The summed E-state index contributed by atoms with van der Waals surface area (Å²) >= 11 is 2.02. The van der Waals surface area contributed by atoms with Crippen molar-refractivity contribution in [2.24, 2.45) is 41.2 Å². The molecule has 0 unspecified atom stereocenters. The number of aliphatic carboxylic acids is 1. The molecule has 6 aliphatic rings. The number of halogens is 2. The molecule has 6 fully saturated rings. The first kappa shape index (κ1) is 131. The number of ether oxygens (including phenoxy) is 12. The van der Waals surface area contributed by atoms with Crippen LogP contribution in [0.4, 0.5) is 8.78 Å². The topological polar surface area (TPSA) is 530 Å². The van der Waals surface area contributed by atoms with Crippen molar-refractivity contribution in [3.63, 3.8) is 0 Å². The second-order valence-electron chi connectivity index (χ2n) is 43.5. The Hall–Kier alpha value is -4.36. The molecule has 852 valence electrons. The van der Waals surface area contributed by atoms with Crippen molar-refractivity contribution in [1.82, 2.24) is 24.9 Å². The van der Waals surface area contributed by atoms with E-state index in [0.717, 1.165) is 29.0 Å². The van der Waals surface area contributed by atoms with Gasteiger partial charge in [0.25, 0.3) is 0 Å². The van der Waals surface area contributed by atoms with Gasteiger partial charge in [0.05, 0.1) is 140 Å². The van der Waals surface area contributed by atoms with Crippen molar-refractivity contribution in [2.75, 3.05) is 96.2 Å². The molecule has 1 amide bonds. The van der Waals surface area contributed by atoms with E-state index in [4.69, 9.17) is 72.0 Å². The molecule has 6 aliphatic heterocycles. The van der Waals surface area contributed by atoms with Crippen molar-refractivity contribution in [2.45, 2.75) is 443 Å². The van der Waals surface area contributed by atoms with E-state index in [1.54, 1.807) is 145 Å². The van der Waals surface area contributed by atoms with Crippen molar-refractivity contribution >= 4 is 47.9 Å². The number of esters is 2. The molecule has 16 N–H and O–H groups in total. The zero-order valence-corrected chi connectivity index (χ0v) is 93.4. The molecule has 6 saturated heterocycles. The van der Waals surface area contributed by atoms with Crippen LogP contribution < -0.4 is 11.1 Å². The Balaban J connectivity index is 0.000000396. The van der Waals surface area contributed by atoms with Crippen molar-refractivity contribution < 1.29 is 170 Å². The summed E-state index contributed by atoms with van der Waals surface area (Å²) in [4.78, 5) is 71.1. The molecule has 0 radical (unpaired) electrons. The summed E-state index contributed by atoms with van der Waals surface area (Å²) in [5.41, 5.74) is -2.73. The van der Waals surface area contributed by atoms with Crippen LogP contribution in [0.3, 0.4) is 0 Å². The van der Waals surface area contributed by atoms with Crippen LogP contribution in [0.5, 0.6) is 0 Å². The summed E-state index contributed by atoms with van der Waals surface area (Å²) in [6.07, 6.45) is -18.6. The highest BCUT2D eigenvalue weighted by atomic mass is 32.2. The smallest absolute Gasteiger partial charge is 0.311 e. The number of cyclic esters (lactones) is 2. The van der Waals surface area contributed by atoms with Gasteiger partial charge in [0.2, 0.25) is 5.91 Å². The van der Waals surface area contributed by atoms with Gasteiger partial charge in [-0.1, -0.05) is 65.8 Å². The number of rotatable bonds is 37. The lowest BCUT2D eigenvalue weighted by molar-refractivity contribution is -0.318. The highest BCUT2D eigenvalue weighted by Crippen LogP contribution is 2.45. The average Bonchev–Trinajstić information content (AvgIpc) is 1.32. The minimum atomic E-state index is -1.86. The second-order valence-corrected chi connectivity index (χ2v) is 45.0. The van der Waals surface area contributed by atoms with Crippen LogP contribution in [0.2, 0.25) is 0 Å². The molecule has 2 aromatic rings. The van der Waals surface area contributed by atoms with E-state index >= 15 is 0 Å². The number of nitrogens with zero attached hydrogens (tertiary/aromatic N) is 4. The number of carboxylic acids is 1. The number of aliphatic hydroxyl groups excluding tert-OH is 8. The number of hydrogen-bond donors (Lipinski definition) is 15. The summed E-state index contributed by atoms with van der Waals surface area (Å²) < 4.78 is 112. The molecule has 43 heteroatoms. The molecule has 147 heavy (non-hydrogen) atoms. The third-order valence-electron chi connectivity index (χ3n) is 30.9. The predicted molar refractivity (Wildman–Crippen MR) is 544 cm³/mol. The van der Waals surface area contributed by atoms with Crippen molar-refractivity contribution in [1.29, 1.82) is 0 Å². The zero-order valence-electron chi connectivity index (χ0n) is 91.8. The fraction of sp³-hybridized carbons (Fsp3) is 0.846. The molecule has 8 rings (SSSR count). The molecule has 0 aromatic heterocycles. The average molecular weight is 2150 g/mol. The van der Waals surface area contributed by atoms with Gasteiger partial charge in [-0.15, -0.1) is 0 Å². The van der Waals surface area contributed by atoms with E-state index in [9.17, 15) is 89.2 Å². The Kier molecular flexibility index (Phi) is 53.3. The summed E-state index contributed by atoms with van der Waals surface area (Å²) in [7, 11) is 13.1. The summed E-state index contributed by atoms with van der Waals surface area (Å²) in [6, 6.07) is 9.29. The molecule has 0 spiro atoms. The Morgan fingerprint density at radius 1 is 0.524 bits per heavy atom. The van der Waals surface area contributed by atoms with Crippen LogP contribution in [0.15, 0.2) is 58.3 Å². The Morgan fingerprint density at radius 3 is 1.22 bits per heavy atom. The highest BCUT2D eigenvalue weighted by Gasteiger charge is 2.57. The number of nitrogens with two attached hydrogens (primary N) is 1. The van der Waals surface area contributed by atoms with E-state index in [0.29, 0.717) is 80.7 Å². The number of carbonyl (C=O) groups is 4. The molecule has 0 saturated carbocycles. The lowest BCUT2D eigenvalue weighted by atomic mass is 9.77. The number of aliphatic hydroxyl groups is 12. The first-order valence-electron chi connectivity index (χ1n) is 51.9. The number of nitrogens with one attached hydrogen (secondary N) is 1. The zero-order chi connectivity index (χ0) is 111. The molecule has 6 heterocycles. The van der Waals surface area contributed by atoms with E-state index in [1.165, 1.54) is 42.3 Å². The van der Waals surface area contributed by atoms with Crippen LogP contribution in [0.1, 0.15) is 252 Å². The van der Waals surface area contributed by atoms with Crippen molar-refractivity contribution in [3.8, 4) is 0 Å². The first-order valence-corrected chi connectivity index (χ1v) is 53.4. The van der Waals surface area contributed by atoms with Crippen LogP contribution in [0, 0.1) is 35.5 Å². The number of unbranched alkanes of at least 4 members (excludes halogenated alkanes) is 2. The van der Waals surface area contributed by atoms with Gasteiger partial charge in [0, 0.05) is 98.8 Å². The number of methoxy groups -OCH3 is 2. The summed E-state index contributed by atoms with van der Waals surface area (Å²) in [5.74, 6) is -6.96. The monoisotopic (exact) mass is 2150 g/mol. The SMILES string of the molecule is CC[C@H]1OC(=O)[C@H](C)[C@@H](O[C@H]2C[C@@](C)(OC)[C@@H](O)[C@H](C)O2)[C@H](C)[C@@H](O[C@@H]2O[C@H](C)C[C@H](N(C)CCCCC(=O)N[C@H](CF)[C@H](O)c3ccc(SOOC)cc3)[C@H]2O)[C@](C)(O)C[C@@H](C)CN(C)[C@H](C)[C@@H](O)[C@]1(C)O.CC[C@H]1OC(=O)[C@H](C)[C@@H](O[C@H]2C[C@@](C)(OC)[C@@H](O)[C@H](C)O2)[C@H](C)[C@@H](O[C@@H]2O[C@H](C)C[C@H](N(C)CCCCC(=O)O)[C@H]2O)[C@](C)(O)C[C@@H](C)CN(C)[C@H](C)[C@@H](O)[C@]1(C)O.COOSc1ccc([C@@H](O)[C@H](N)CF)cc1. The van der Waals surface area contributed by atoms with Gasteiger partial charge >= 0.3 is 17.9 Å². The molecule has 40 atom stereocenters. The van der Waals surface area contributed by atoms with Gasteiger partial charge < -0.3 is 154 Å². The Bertz CT molecular complexity index is 4180. The maximum absolute atomic E-state index is 14.5. The number of carbonyl (C=O) groups excluding carboxylic acids is 3. The van der Waals surface area contributed by atoms with Crippen LogP contribution in [-0.4, -0.2) is 399 Å². The van der Waals surface area contributed by atoms with E-state index < -0.39 is 260 Å². The van der Waals surface area contributed by atoms with Crippen molar-refractivity contribution in [3.05, 3.63) is 59.7 Å². The third-order valence-corrected chi connectivity index (χ3v) is 32.2. The highest BCUT2D eigenvalue weighted by molar-refractivity contribution is 7.94. The first-order chi connectivity index (χ1) is 68.6. The number of amides is 1. The van der Waals surface area contributed by atoms with E-state index in [-0.39, 0.29) is 69.3 Å². The Morgan fingerprint density at radius 2 is 0.884 bits per heavy atom. The van der Waals surface area contributed by atoms with Gasteiger partial charge in [-0.25, -0.2) is 18.6 Å². The van der Waals surface area contributed by atoms with Crippen LogP contribution in [-0.2, 0) is 94.5 Å². The number of likely N-dealkylation sites (N-methyl/N-ethyl adjacent to an activating group) is 4. The summed E-state index contributed by atoms with van der Waals surface area (Å²) in [6.45, 7) is 34.8. The van der Waals surface area contributed by atoms with E-state index in [1.807, 2.05) is 75.5 Å². The normalized spacial score (nSPS) is 39.2. The molecule has 2 aromatic carbocycles. The predicted octanol–water partition coefficient (Wildman–Crippen LogP) is 8.34. The molecule has 0 bridgehead atoms. The fourth-order valence-corrected chi connectivity index (χ4v) is 22.4. The maximum atomic E-state index is 14.5. The van der Waals surface area contributed by atoms with Gasteiger partial charge in [-0.3, -0.25) is 19.2 Å². The quantitative estimate of drug-likeness (QED) is 0.00993. The summed E-state index contributed by atoms with van der Waals surface area (Å²) in [5, 5.41) is 151. The third kappa shape index (κ3) is 36.4. The molecule has 0 aliphatic carbocycles. The van der Waals surface area contributed by atoms with Gasteiger partial charge in [-0.2, -0.15) is 8.67 Å². The largest absolute Gasteiger partial charge is 0.481 e. The van der Waals surface area contributed by atoms with Gasteiger partial charge in [-0.05, 0) is 250 Å². The maximum Gasteiger partial charge on any atom is 0.311 e. The number of alkyl halides is 2. The minimum absolute atomic E-state index is 0.0540. The molecular formula is C104H182F2N6O33S2. The number of hydrogen-bond acceptors (Lipinski definition) is 39. The molecular weight excluding hydrogens is 1960 g/mol. The van der Waals surface area contributed by atoms with Gasteiger partial charge in [0.1, 0.15) is 79.5 Å². The van der Waals surface area contributed by atoms with Crippen LogP contribution >= 0.6 is 24.1 Å². The second kappa shape index (κ2) is 59.7. The Labute approximate surface area is 878 Å². The number of benzene rings is 2. The standard InChI is InChI=1S/C52H90FN3O16S.C42H78N2O14.C10H14FNO3S/c1-15-39-52(10,64)45(60)33(6)56(12)28-29(2)25-50(8,63)47(31(4)44(32(5)48(62)69-39)70-41-26-51(9,65-13)46(61)34(7)68-41)71-49-43(59)38(24-30(3)67-49)55(11)23-17-16-18-40(57)54-37(27-53)42(58)35-19-21-36(22-20-35)73-72-66-14;1-14-30-42(10,52)35(48)27(6)44(12)22-23(2)20-40(8,51)37(58-39-33(47)29(19-24(3)54-39)43(11)18-16-15-17-31(45)46)25(4)34(26(5)38(50)56-30)57-32-21-41(9,53-13)36(49)28(7)55-32;1-14-15-16-8-4-2-7(3-5-8)10(13)9(12)6-11/h19-22,29-34,37-39,41-47,49,58-61,63-64H,15-18,23-28H2,1-14H3,(H,54,57);23-30,32-37,39,47-49,51-52H,14-22H2,1-13H3,(H,45,46);2-5,9-10,13H,6,12H2,1H3/t29-,30-,31+,32-,33-,34+,37-,38+,39-,41+,42-,43-,44+,45-,46+,47-,49+,50-,51-,52-;23-,24-,25+,26-,27-,28+,29+,30-,32+,33-,34+,35-,36+,37-,39+,40-,41-,42-;9-,10-/m111/s1. The van der Waals surface area contributed by atoms with Gasteiger partial charge in [0.15, 0.2) is 25.2 Å².